The zero-order valence-electron chi connectivity index (χ0n) is 19.0. The summed E-state index contributed by atoms with van der Waals surface area (Å²) in [5, 5.41) is 12.3. The van der Waals surface area contributed by atoms with Crippen LogP contribution in [0.5, 0.6) is 11.5 Å². The first-order valence-electron chi connectivity index (χ1n) is 10.0. The van der Waals surface area contributed by atoms with Crippen LogP contribution < -0.4 is 15.2 Å². The lowest BCUT2D eigenvalue weighted by atomic mass is 9.76. The van der Waals surface area contributed by atoms with Crippen molar-refractivity contribution in [2.24, 2.45) is 5.73 Å². The molecule has 0 aliphatic heterocycles. The molecule has 2 rings (SSSR count). The van der Waals surface area contributed by atoms with E-state index in [9.17, 15) is 9.90 Å². The van der Waals surface area contributed by atoms with Crippen molar-refractivity contribution >= 4 is 5.91 Å². The highest BCUT2D eigenvalue weighted by atomic mass is 16.5. The Kier molecular flexibility index (Phi) is 7.16. The third-order valence-electron chi connectivity index (χ3n) is 5.52. The van der Waals surface area contributed by atoms with Gasteiger partial charge in [-0.25, -0.2) is 0 Å². The maximum atomic E-state index is 12.3. The number of primary amides is 1. The predicted octanol–water partition coefficient (Wildman–Crippen LogP) is 3.04. The minimum Gasteiger partial charge on any atom is -0.496 e. The van der Waals surface area contributed by atoms with Gasteiger partial charge in [0.1, 0.15) is 17.1 Å². The predicted molar refractivity (Wildman–Crippen MR) is 119 cm³/mol. The molecule has 2 atom stereocenters. The SMILES string of the molecule is COc1ccc(C(C)(C)C)cc1[C@@](O)(c1ccccc1OCC(N)=O)[C@@H](C)N(C)C. The molecule has 6 heteroatoms. The van der Waals surface area contributed by atoms with Crippen LogP contribution in [0.3, 0.4) is 0 Å². The Morgan fingerprint density at radius 2 is 1.73 bits per heavy atom. The number of methoxy groups -OCH3 is 1. The number of carbonyl (C=O) groups excluding carboxylic acids is 1. The normalized spacial score (nSPS) is 14.8. The molecule has 6 nitrogen and oxygen atoms in total. The van der Waals surface area contributed by atoms with E-state index in [0.29, 0.717) is 22.6 Å². The maximum Gasteiger partial charge on any atom is 0.255 e. The van der Waals surface area contributed by atoms with Crippen molar-refractivity contribution in [1.29, 1.82) is 0 Å². The Morgan fingerprint density at radius 3 is 2.27 bits per heavy atom. The number of amides is 1. The van der Waals surface area contributed by atoms with Crippen LogP contribution in [-0.2, 0) is 15.8 Å². The molecule has 2 aromatic rings. The molecule has 0 saturated heterocycles. The number of nitrogens with zero attached hydrogens (tertiary/aromatic N) is 1. The Morgan fingerprint density at radius 1 is 1.10 bits per heavy atom. The molecule has 3 N–H and O–H groups in total. The molecule has 1 amide bonds. The first-order valence-corrected chi connectivity index (χ1v) is 10.0. The number of hydrogen-bond donors (Lipinski definition) is 2. The molecule has 0 radical (unpaired) electrons. The fourth-order valence-electron chi connectivity index (χ4n) is 3.50. The van der Waals surface area contributed by atoms with Gasteiger partial charge in [-0.3, -0.25) is 4.79 Å². The molecule has 30 heavy (non-hydrogen) atoms. The van der Waals surface area contributed by atoms with Crippen molar-refractivity contribution in [1.82, 2.24) is 4.90 Å². The highest BCUT2D eigenvalue weighted by Gasteiger charge is 2.43. The lowest BCUT2D eigenvalue weighted by Gasteiger charge is -2.40. The average molecular weight is 415 g/mol. The Hall–Kier alpha value is -2.57. The number of carbonyl (C=O) groups is 1. The van der Waals surface area contributed by atoms with Crippen LogP contribution in [0.15, 0.2) is 42.5 Å². The summed E-state index contributed by atoms with van der Waals surface area (Å²) in [6, 6.07) is 12.7. The first kappa shape index (κ1) is 23.7. The number of rotatable bonds is 8. The summed E-state index contributed by atoms with van der Waals surface area (Å²) >= 11 is 0. The van der Waals surface area contributed by atoms with Crippen LogP contribution in [0.4, 0.5) is 0 Å². The quantitative estimate of drug-likeness (QED) is 0.694. The van der Waals surface area contributed by atoms with Gasteiger partial charge in [0.05, 0.1) is 7.11 Å². The zero-order chi connectivity index (χ0) is 22.7. The molecule has 0 unspecified atom stereocenters. The van der Waals surface area contributed by atoms with E-state index in [-0.39, 0.29) is 18.1 Å². The van der Waals surface area contributed by atoms with E-state index in [2.05, 4.69) is 20.8 Å². The summed E-state index contributed by atoms with van der Waals surface area (Å²) in [5.41, 5.74) is 5.92. The highest BCUT2D eigenvalue weighted by molar-refractivity contribution is 5.75. The maximum absolute atomic E-state index is 12.3. The van der Waals surface area contributed by atoms with E-state index in [1.54, 1.807) is 25.3 Å². The molecular weight excluding hydrogens is 380 g/mol. The van der Waals surface area contributed by atoms with Crippen molar-refractivity contribution in [2.75, 3.05) is 27.8 Å². The van der Waals surface area contributed by atoms with E-state index >= 15 is 0 Å². The van der Waals surface area contributed by atoms with Gasteiger partial charge in [-0.05, 0) is 50.2 Å². The number of para-hydroxylation sites is 1. The van der Waals surface area contributed by atoms with Gasteiger partial charge in [0.25, 0.3) is 5.91 Å². The summed E-state index contributed by atoms with van der Waals surface area (Å²) in [5.74, 6) is 0.390. The summed E-state index contributed by atoms with van der Waals surface area (Å²) < 4.78 is 11.3. The van der Waals surface area contributed by atoms with Gasteiger partial charge in [0.15, 0.2) is 6.61 Å². The van der Waals surface area contributed by atoms with Gasteiger partial charge in [-0.2, -0.15) is 0 Å². The topological polar surface area (TPSA) is 85.0 Å². The van der Waals surface area contributed by atoms with E-state index in [0.717, 1.165) is 5.56 Å². The molecule has 164 valence electrons. The first-order chi connectivity index (χ1) is 13.9. The van der Waals surface area contributed by atoms with Crippen LogP contribution in [0.25, 0.3) is 0 Å². The third-order valence-corrected chi connectivity index (χ3v) is 5.52. The minimum atomic E-state index is -1.48. The van der Waals surface area contributed by atoms with Crippen molar-refractivity contribution in [3.8, 4) is 11.5 Å². The molecule has 2 aromatic carbocycles. The number of likely N-dealkylation sites (N-methyl/N-ethyl adjacent to an activating group) is 1. The number of ether oxygens (including phenoxy) is 2. The summed E-state index contributed by atoms with van der Waals surface area (Å²) in [7, 11) is 5.40. The van der Waals surface area contributed by atoms with Crippen LogP contribution in [0.1, 0.15) is 44.4 Å². The van der Waals surface area contributed by atoms with Crippen molar-refractivity contribution < 1.29 is 19.4 Å². The largest absolute Gasteiger partial charge is 0.496 e. The number of hydrogen-bond acceptors (Lipinski definition) is 5. The van der Waals surface area contributed by atoms with Crippen molar-refractivity contribution in [3.63, 3.8) is 0 Å². The molecule has 0 spiro atoms. The summed E-state index contributed by atoms with van der Waals surface area (Å²) in [4.78, 5) is 13.2. The van der Waals surface area contributed by atoms with Gasteiger partial charge in [0, 0.05) is 17.2 Å². The summed E-state index contributed by atoms with van der Waals surface area (Å²) in [6.07, 6.45) is 0. The highest BCUT2D eigenvalue weighted by Crippen LogP contribution is 2.44. The molecule has 0 aliphatic carbocycles. The molecule has 0 heterocycles. The number of benzene rings is 2. The molecule has 0 aliphatic rings. The minimum absolute atomic E-state index is 0.120. The second-order valence-electron chi connectivity index (χ2n) is 8.82. The summed E-state index contributed by atoms with van der Waals surface area (Å²) in [6.45, 7) is 8.03. The fourth-order valence-corrected chi connectivity index (χ4v) is 3.50. The third kappa shape index (κ3) is 4.77. The molecule has 0 aromatic heterocycles. The van der Waals surface area contributed by atoms with Crippen LogP contribution in [0, 0.1) is 0 Å². The van der Waals surface area contributed by atoms with Crippen molar-refractivity contribution in [2.45, 2.75) is 44.8 Å². The van der Waals surface area contributed by atoms with E-state index in [4.69, 9.17) is 15.2 Å². The van der Waals surface area contributed by atoms with Gasteiger partial charge in [-0.15, -0.1) is 0 Å². The fraction of sp³-hybridized carbons (Fsp3) is 0.458. The Bertz CT molecular complexity index is 889. The Balaban J connectivity index is 2.82. The zero-order valence-corrected chi connectivity index (χ0v) is 19.0. The van der Waals surface area contributed by atoms with Gasteiger partial charge in [0.2, 0.25) is 0 Å². The standard InChI is InChI=1S/C24H34N2O4/c1-16(26(5)6)24(28,18-10-8-9-11-21(18)30-15-22(25)27)19-14-17(23(2,3)4)12-13-20(19)29-7/h8-14,16,28H,15H2,1-7H3,(H2,25,27)/t16-,24+/m1/s1. The monoisotopic (exact) mass is 414 g/mol. The van der Waals surface area contributed by atoms with Gasteiger partial charge < -0.3 is 25.2 Å². The molecular formula is C24H34N2O4. The number of nitrogens with two attached hydrogens (primary N) is 1. The van der Waals surface area contributed by atoms with Crippen LogP contribution in [-0.4, -0.2) is 49.8 Å². The van der Waals surface area contributed by atoms with Gasteiger partial charge in [-0.1, -0.05) is 45.0 Å². The van der Waals surface area contributed by atoms with E-state index in [1.807, 2.05) is 50.2 Å². The molecule has 0 bridgehead atoms. The van der Waals surface area contributed by atoms with Gasteiger partial charge >= 0.3 is 0 Å². The van der Waals surface area contributed by atoms with E-state index < -0.39 is 11.5 Å². The van der Waals surface area contributed by atoms with Crippen LogP contribution in [0.2, 0.25) is 0 Å². The number of aliphatic hydroxyl groups is 1. The second-order valence-corrected chi connectivity index (χ2v) is 8.82. The Labute approximate surface area is 179 Å². The molecule has 0 saturated carbocycles. The lowest BCUT2D eigenvalue weighted by Crippen LogP contribution is -2.47. The second kappa shape index (κ2) is 9.06. The average Bonchev–Trinajstić information content (AvgIpc) is 2.70. The molecule has 0 fully saturated rings. The lowest BCUT2D eigenvalue weighted by molar-refractivity contribution is -0.120. The smallest absolute Gasteiger partial charge is 0.255 e. The van der Waals surface area contributed by atoms with Crippen LogP contribution >= 0.6 is 0 Å². The van der Waals surface area contributed by atoms with Crippen molar-refractivity contribution in [3.05, 3.63) is 59.2 Å². The van der Waals surface area contributed by atoms with E-state index in [1.165, 1.54) is 0 Å².